The average molecular weight is 597 g/mol. The maximum absolute atomic E-state index is 13.7. The molecule has 44 heavy (non-hydrogen) atoms. The smallest absolute Gasteiger partial charge is 0.274 e. The molecule has 1 saturated heterocycles. The molecule has 3 N–H and O–H groups in total. The van der Waals surface area contributed by atoms with E-state index in [1.54, 1.807) is 12.1 Å². The Morgan fingerprint density at radius 3 is 2.45 bits per heavy atom. The largest absolute Gasteiger partial charge is 0.393 e. The van der Waals surface area contributed by atoms with Gasteiger partial charge in [-0.25, -0.2) is 4.98 Å². The number of nitrogens with zero attached hydrogens (tertiary/aromatic N) is 4. The highest BCUT2D eigenvalue weighted by Gasteiger charge is 2.27. The van der Waals surface area contributed by atoms with E-state index in [4.69, 9.17) is 4.99 Å². The molecule has 2 unspecified atom stereocenters. The van der Waals surface area contributed by atoms with E-state index in [0.29, 0.717) is 23.6 Å². The fraction of sp³-hybridized carbons (Fsp3) is 0.457. The number of pyridine rings is 2. The van der Waals surface area contributed by atoms with Gasteiger partial charge in [0.15, 0.2) is 0 Å². The molecule has 9 heteroatoms. The summed E-state index contributed by atoms with van der Waals surface area (Å²) < 4.78 is 0. The van der Waals surface area contributed by atoms with Crippen LogP contribution >= 0.6 is 0 Å². The van der Waals surface area contributed by atoms with Crippen LogP contribution in [0.3, 0.4) is 0 Å². The number of nitrogens with one attached hydrogen (secondary N) is 2. The predicted octanol–water partition coefficient (Wildman–Crippen LogP) is 5.20. The van der Waals surface area contributed by atoms with Gasteiger partial charge in [0.1, 0.15) is 11.4 Å². The summed E-state index contributed by atoms with van der Waals surface area (Å²) in [6.45, 7) is 11.5. The van der Waals surface area contributed by atoms with Gasteiger partial charge in [0.05, 0.1) is 18.0 Å². The molecule has 0 aliphatic carbocycles. The van der Waals surface area contributed by atoms with Crippen LogP contribution in [-0.4, -0.2) is 69.3 Å². The van der Waals surface area contributed by atoms with Crippen LogP contribution in [0, 0.1) is 5.92 Å². The lowest BCUT2D eigenvalue weighted by molar-refractivity contribution is -0.110. The van der Waals surface area contributed by atoms with Crippen LogP contribution in [-0.2, 0) is 11.3 Å². The zero-order chi connectivity index (χ0) is 31.2. The number of piperidine rings is 1. The van der Waals surface area contributed by atoms with Gasteiger partial charge in [-0.3, -0.25) is 24.5 Å². The van der Waals surface area contributed by atoms with Gasteiger partial charge in [0, 0.05) is 55.7 Å². The van der Waals surface area contributed by atoms with E-state index in [-0.39, 0.29) is 35.8 Å². The van der Waals surface area contributed by atoms with Gasteiger partial charge in [-0.2, -0.15) is 0 Å². The second kappa shape index (κ2) is 14.2. The molecule has 232 valence electrons. The molecule has 2 aromatic heterocycles. The van der Waals surface area contributed by atoms with Crippen molar-refractivity contribution in [3.63, 3.8) is 0 Å². The number of anilines is 1. The van der Waals surface area contributed by atoms with Crippen molar-refractivity contribution in [2.75, 3.05) is 25.0 Å². The first-order valence-corrected chi connectivity index (χ1v) is 15.9. The van der Waals surface area contributed by atoms with Crippen molar-refractivity contribution in [1.82, 2.24) is 20.2 Å². The summed E-state index contributed by atoms with van der Waals surface area (Å²) in [7, 11) is 0. The lowest BCUT2D eigenvalue weighted by atomic mass is 9.85. The molecule has 3 aromatic rings. The molecule has 2 amide bonds. The highest BCUT2D eigenvalue weighted by molar-refractivity contribution is 6.49. The van der Waals surface area contributed by atoms with Crippen molar-refractivity contribution >= 4 is 23.2 Å². The van der Waals surface area contributed by atoms with Crippen LogP contribution in [0.15, 0.2) is 60.0 Å². The third kappa shape index (κ3) is 7.39. The molecule has 1 aromatic carbocycles. The van der Waals surface area contributed by atoms with Gasteiger partial charge in [-0.15, -0.1) is 0 Å². The number of aliphatic hydroxyl groups is 1. The number of fused-ring (bicyclic) bond motifs is 1. The van der Waals surface area contributed by atoms with E-state index >= 15 is 0 Å². The van der Waals surface area contributed by atoms with Crippen molar-refractivity contribution in [3.8, 4) is 11.1 Å². The number of carbonyl (C=O) groups excluding carboxylic acids is 2. The molecule has 2 atom stereocenters. The van der Waals surface area contributed by atoms with Gasteiger partial charge >= 0.3 is 0 Å². The number of aliphatic hydroxyl groups excluding tert-OH is 1. The lowest BCUT2D eigenvalue weighted by Crippen LogP contribution is -2.35. The summed E-state index contributed by atoms with van der Waals surface area (Å²) in [5.41, 5.74) is 6.20. The molecular formula is C35H44N6O3. The van der Waals surface area contributed by atoms with Crippen molar-refractivity contribution in [1.29, 1.82) is 0 Å². The highest BCUT2D eigenvalue weighted by atomic mass is 16.3. The van der Waals surface area contributed by atoms with Crippen LogP contribution in [0.4, 0.5) is 5.69 Å². The SMILES string of the molecule is CCC(CC)NC(=O)c1ccc(NC(=O)C2=NCC(C)C(C)c3ccc(-c4cncc(CN5CCC(O)CC5)c4)cc32)cn1. The Labute approximate surface area is 260 Å². The Bertz CT molecular complexity index is 1490. The number of carbonyl (C=O) groups is 2. The predicted molar refractivity (Wildman–Crippen MR) is 174 cm³/mol. The lowest BCUT2D eigenvalue weighted by Gasteiger charge is -2.29. The minimum absolute atomic E-state index is 0.106. The topological polar surface area (TPSA) is 120 Å². The Kier molecular flexibility index (Phi) is 10.2. The maximum Gasteiger partial charge on any atom is 0.274 e. The average Bonchev–Trinajstić information content (AvgIpc) is 3.16. The molecule has 0 radical (unpaired) electrons. The Balaban J connectivity index is 1.36. The van der Waals surface area contributed by atoms with Crippen LogP contribution in [0.25, 0.3) is 11.1 Å². The second-order valence-corrected chi connectivity index (χ2v) is 12.2. The molecule has 0 bridgehead atoms. The molecule has 0 saturated carbocycles. The first-order chi connectivity index (χ1) is 21.2. The molecule has 0 spiro atoms. The number of rotatable bonds is 9. The summed E-state index contributed by atoms with van der Waals surface area (Å²) in [5.74, 6) is -0.0311. The number of aliphatic imine (C=N–C) groups is 1. The first-order valence-electron chi connectivity index (χ1n) is 15.9. The zero-order valence-electron chi connectivity index (χ0n) is 26.2. The Morgan fingerprint density at radius 2 is 1.75 bits per heavy atom. The normalized spacial score (nSPS) is 19.2. The fourth-order valence-electron chi connectivity index (χ4n) is 5.93. The first kappa shape index (κ1) is 31.5. The molecule has 4 heterocycles. The van der Waals surface area contributed by atoms with Crippen LogP contribution < -0.4 is 10.6 Å². The van der Waals surface area contributed by atoms with Crippen LogP contribution in [0.2, 0.25) is 0 Å². The van der Waals surface area contributed by atoms with E-state index < -0.39 is 0 Å². The number of benzene rings is 1. The molecule has 2 aliphatic rings. The van der Waals surface area contributed by atoms with Crippen molar-refractivity contribution in [2.45, 2.75) is 78.0 Å². The zero-order valence-corrected chi connectivity index (χ0v) is 26.2. The maximum atomic E-state index is 13.7. The monoisotopic (exact) mass is 596 g/mol. The quantitative estimate of drug-likeness (QED) is 0.312. The fourth-order valence-corrected chi connectivity index (χ4v) is 5.93. The molecule has 2 aliphatic heterocycles. The molecular weight excluding hydrogens is 552 g/mol. The van der Waals surface area contributed by atoms with Crippen molar-refractivity contribution in [2.24, 2.45) is 10.9 Å². The van der Waals surface area contributed by atoms with Gasteiger partial charge in [-0.1, -0.05) is 39.8 Å². The summed E-state index contributed by atoms with van der Waals surface area (Å²) in [6, 6.07) is 11.9. The van der Waals surface area contributed by atoms with Gasteiger partial charge in [-0.05, 0) is 78.5 Å². The van der Waals surface area contributed by atoms with Crippen molar-refractivity contribution < 1.29 is 14.7 Å². The van der Waals surface area contributed by atoms with E-state index in [2.05, 4.69) is 63.6 Å². The summed E-state index contributed by atoms with van der Waals surface area (Å²) >= 11 is 0. The number of likely N-dealkylation sites (tertiary alicyclic amines) is 1. The standard InChI is InChI=1S/C35H44N6O3/c1-5-27(6-2)39-34(43)32-10-8-28(20-37-32)40-35(44)33-31-16-25(7-9-30(31)23(4)22(3)17-38-33)26-15-24(18-36-19-26)21-41-13-11-29(42)12-14-41/h7-10,15-16,18-20,22-23,27,29,42H,5-6,11-14,17,21H2,1-4H3,(H,39,43)(H,40,44). The summed E-state index contributed by atoms with van der Waals surface area (Å²) in [4.78, 5) is 42.3. The number of aromatic nitrogens is 2. The summed E-state index contributed by atoms with van der Waals surface area (Å²) in [5, 5.41) is 15.8. The number of hydrogen-bond acceptors (Lipinski definition) is 7. The van der Waals surface area contributed by atoms with Gasteiger partial charge in [0.25, 0.3) is 11.8 Å². The Morgan fingerprint density at radius 1 is 0.977 bits per heavy atom. The van der Waals surface area contributed by atoms with Crippen molar-refractivity contribution in [3.05, 3.63) is 77.4 Å². The van der Waals surface area contributed by atoms with Gasteiger partial charge < -0.3 is 15.7 Å². The molecule has 9 nitrogen and oxygen atoms in total. The highest BCUT2D eigenvalue weighted by Crippen LogP contribution is 2.34. The van der Waals surface area contributed by atoms with Gasteiger partial charge in [0.2, 0.25) is 0 Å². The number of hydrogen-bond donors (Lipinski definition) is 3. The van der Waals surface area contributed by atoms with E-state index in [1.165, 1.54) is 6.20 Å². The molecule has 1 fully saturated rings. The minimum Gasteiger partial charge on any atom is -0.393 e. The van der Waals surface area contributed by atoms with E-state index in [0.717, 1.165) is 73.1 Å². The van der Waals surface area contributed by atoms with E-state index in [9.17, 15) is 14.7 Å². The minimum atomic E-state index is -0.306. The molecule has 5 rings (SSSR count). The van der Waals surface area contributed by atoms with E-state index in [1.807, 2.05) is 26.2 Å². The van der Waals surface area contributed by atoms with Crippen LogP contribution in [0.5, 0.6) is 0 Å². The second-order valence-electron chi connectivity index (χ2n) is 12.2. The third-order valence-electron chi connectivity index (χ3n) is 9.07. The number of amides is 2. The Hall–Kier alpha value is -3.95. The van der Waals surface area contributed by atoms with Crippen LogP contribution in [0.1, 0.15) is 86.5 Å². The third-order valence-corrected chi connectivity index (χ3v) is 9.07. The summed E-state index contributed by atoms with van der Waals surface area (Å²) in [6.07, 6.45) is 8.37.